The van der Waals surface area contributed by atoms with Crippen molar-refractivity contribution in [3.63, 3.8) is 0 Å². The molecule has 2 N–H and O–H groups in total. The molecule has 0 radical (unpaired) electrons. The number of benzene rings is 2. The van der Waals surface area contributed by atoms with Gasteiger partial charge in [0.2, 0.25) is 0 Å². The quantitative estimate of drug-likeness (QED) is 0.736. The molecule has 1 spiro atoms. The van der Waals surface area contributed by atoms with Crippen LogP contribution in [-0.2, 0) is 4.79 Å². The van der Waals surface area contributed by atoms with Gasteiger partial charge < -0.3 is 25.0 Å². The summed E-state index contributed by atoms with van der Waals surface area (Å²) in [5.41, 5.74) is -0.0193. The minimum absolute atomic E-state index is 0.232. The first-order valence-corrected chi connectivity index (χ1v) is 9.97. The highest BCUT2D eigenvalue weighted by Gasteiger charge is 2.53. The zero-order valence-corrected chi connectivity index (χ0v) is 17.4. The number of nitrogens with one attached hydrogen (secondary N) is 2. The van der Waals surface area contributed by atoms with E-state index in [0.717, 1.165) is 4.90 Å². The molecule has 2 fully saturated rings. The number of methoxy groups -OCH3 is 2. The SMILES string of the molecule is COc1ccc(OC)c(N2C(=O)NC3(CCN(C(=O)Nc4ccccc4)CC3)C2=O)c1. The number of para-hydroxylation sites is 1. The van der Waals surface area contributed by atoms with E-state index in [1.165, 1.54) is 14.2 Å². The summed E-state index contributed by atoms with van der Waals surface area (Å²) in [5.74, 6) is 0.540. The van der Waals surface area contributed by atoms with Gasteiger partial charge in [0.25, 0.3) is 5.91 Å². The van der Waals surface area contributed by atoms with Crippen LogP contribution in [0.5, 0.6) is 11.5 Å². The van der Waals surface area contributed by atoms with Crippen LogP contribution in [0.1, 0.15) is 12.8 Å². The second-order valence-electron chi connectivity index (χ2n) is 7.47. The van der Waals surface area contributed by atoms with Gasteiger partial charge in [-0.15, -0.1) is 0 Å². The van der Waals surface area contributed by atoms with Crippen molar-refractivity contribution < 1.29 is 23.9 Å². The highest BCUT2D eigenvalue weighted by atomic mass is 16.5. The number of urea groups is 2. The van der Waals surface area contributed by atoms with Crippen molar-refractivity contribution in [2.24, 2.45) is 0 Å². The molecule has 0 bridgehead atoms. The van der Waals surface area contributed by atoms with Gasteiger partial charge in [0.15, 0.2) is 0 Å². The van der Waals surface area contributed by atoms with Crippen molar-refractivity contribution in [3.05, 3.63) is 48.5 Å². The third-order valence-electron chi connectivity index (χ3n) is 5.72. The van der Waals surface area contributed by atoms with Crippen LogP contribution in [0.25, 0.3) is 0 Å². The van der Waals surface area contributed by atoms with E-state index in [1.807, 2.05) is 30.3 Å². The highest BCUT2D eigenvalue weighted by Crippen LogP contribution is 2.38. The largest absolute Gasteiger partial charge is 0.497 e. The first-order valence-electron chi connectivity index (χ1n) is 9.97. The van der Waals surface area contributed by atoms with Gasteiger partial charge in [-0.05, 0) is 37.1 Å². The molecule has 2 aromatic carbocycles. The monoisotopic (exact) mass is 424 g/mol. The van der Waals surface area contributed by atoms with E-state index in [4.69, 9.17) is 9.47 Å². The minimum Gasteiger partial charge on any atom is -0.497 e. The maximum absolute atomic E-state index is 13.4. The van der Waals surface area contributed by atoms with E-state index in [2.05, 4.69) is 10.6 Å². The van der Waals surface area contributed by atoms with Crippen LogP contribution in [0.4, 0.5) is 21.0 Å². The predicted molar refractivity (Wildman–Crippen MR) is 115 cm³/mol. The summed E-state index contributed by atoms with van der Waals surface area (Å²) in [5, 5.41) is 5.70. The van der Waals surface area contributed by atoms with Crippen molar-refractivity contribution in [3.8, 4) is 11.5 Å². The molecule has 2 aromatic rings. The Bertz CT molecular complexity index is 1000. The zero-order chi connectivity index (χ0) is 22.0. The van der Waals surface area contributed by atoms with E-state index >= 15 is 0 Å². The van der Waals surface area contributed by atoms with E-state index in [0.29, 0.717) is 48.8 Å². The molecule has 31 heavy (non-hydrogen) atoms. The summed E-state index contributed by atoms with van der Waals surface area (Å²) in [6.45, 7) is 0.682. The Morgan fingerprint density at radius 3 is 2.39 bits per heavy atom. The van der Waals surface area contributed by atoms with Crippen molar-refractivity contribution in [1.82, 2.24) is 10.2 Å². The number of amides is 5. The van der Waals surface area contributed by atoms with Gasteiger partial charge in [-0.25, -0.2) is 14.5 Å². The molecule has 0 aliphatic carbocycles. The third-order valence-corrected chi connectivity index (χ3v) is 5.72. The Kier molecular flexibility index (Phi) is 5.41. The number of hydrogen-bond acceptors (Lipinski definition) is 5. The first-order chi connectivity index (χ1) is 15.0. The lowest BCUT2D eigenvalue weighted by Gasteiger charge is -2.37. The van der Waals surface area contributed by atoms with E-state index in [9.17, 15) is 14.4 Å². The van der Waals surface area contributed by atoms with Crippen molar-refractivity contribution in [2.75, 3.05) is 37.5 Å². The molecule has 2 aliphatic rings. The Labute approximate surface area is 179 Å². The second-order valence-corrected chi connectivity index (χ2v) is 7.47. The fourth-order valence-corrected chi connectivity index (χ4v) is 3.97. The number of likely N-dealkylation sites (tertiary alicyclic amines) is 1. The van der Waals surface area contributed by atoms with Gasteiger partial charge in [-0.1, -0.05) is 18.2 Å². The summed E-state index contributed by atoms with van der Waals surface area (Å²) in [6, 6.07) is 13.4. The number of piperidine rings is 1. The first kappa shape index (κ1) is 20.5. The average molecular weight is 424 g/mol. The Hall–Kier alpha value is -3.75. The van der Waals surface area contributed by atoms with E-state index in [-0.39, 0.29) is 11.9 Å². The fourth-order valence-electron chi connectivity index (χ4n) is 3.97. The topological polar surface area (TPSA) is 100 Å². The predicted octanol–water partition coefficient (Wildman–Crippen LogP) is 2.83. The summed E-state index contributed by atoms with van der Waals surface area (Å²) in [4.78, 5) is 41.4. The van der Waals surface area contributed by atoms with Crippen LogP contribution in [-0.4, -0.2) is 55.7 Å². The lowest BCUT2D eigenvalue weighted by Crippen LogP contribution is -2.56. The highest BCUT2D eigenvalue weighted by molar-refractivity contribution is 6.24. The Morgan fingerprint density at radius 2 is 1.74 bits per heavy atom. The van der Waals surface area contributed by atoms with E-state index < -0.39 is 11.6 Å². The van der Waals surface area contributed by atoms with Gasteiger partial charge in [-0.2, -0.15) is 0 Å². The van der Waals surface area contributed by atoms with Gasteiger partial charge in [-0.3, -0.25) is 4.79 Å². The third kappa shape index (κ3) is 3.74. The second kappa shape index (κ2) is 8.17. The fraction of sp³-hybridized carbons (Fsp3) is 0.318. The molecule has 2 heterocycles. The molecule has 0 unspecified atom stereocenters. The summed E-state index contributed by atoms with van der Waals surface area (Å²) < 4.78 is 10.6. The molecule has 162 valence electrons. The molecule has 4 rings (SSSR count). The van der Waals surface area contributed by atoms with Crippen LogP contribution >= 0.6 is 0 Å². The number of imide groups is 1. The molecular weight excluding hydrogens is 400 g/mol. The zero-order valence-electron chi connectivity index (χ0n) is 17.4. The Balaban J connectivity index is 1.49. The number of rotatable bonds is 4. The number of hydrogen-bond donors (Lipinski definition) is 2. The molecule has 2 aliphatic heterocycles. The van der Waals surface area contributed by atoms with Crippen LogP contribution in [0.2, 0.25) is 0 Å². The number of ether oxygens (including phenoxy) is 2. The van der Waals surface area contributed by atoms with Crippen LogP contribution < -0.4 is 25.0 Å². The number of carbonyl (C=O) groups excluding carboxylic acids is 3. The van der Waals surface area contributed by atoms with Gasteiger partial charge >= 0.3 is 12.1 Å². The van der Waals surface area contributed by atoms with Crippen LogP contribution in [0, 0.1) is 0 Å². The van der Waals surface area contributed by atoms with Crippen molar-refractivity contribution >= 4 is 29.3 Å². The lowest BCUT2D eigenvalue weighted by molar-refractivity contribution is -0.123. The molecule has 0 saturated carbocycles. The molecule has 9 heteroatoms. The molecule has 2 saturated heterocycles. The summed E-state index contributed by atoms with van der Waals surface area (Å²) in [7, 11) is 2.98. The van der Waals surface area contributed by atoms with Crippen molar-refractivity contribution in [2.45, 2.75) is 18.4 Å². The van der Waals surface area contributed by atoms with Crippen LogP contribution in [0.3, 0.4) is 0 Å². The van der Waals surface area contributed by atoms with Crippen molar-refractivity contribution in [1.29, 1.82) is 0 Å². The van der Waals surface area contributed by atoms with Crippen LogP contribution in [0.15, 0.2) is 48.5 Å². The van der Waals surface area contributed by atoms with Gasteiger partial charge in [0, 0.05) is 24.8 Å². The van der Waals surface area contributed by atoms with Gasteiger partial charge in [0.1, 0.15) is 17.0 Å². The number of carbonyl (C=O) groups is 3. The lowest BCUT2D eigenvalue weighted by atomic mass is 9.87. The number of anilines is 2. The normalized spacial score (nSPS) is 17.5. The average Bonchev–Trinajstić information content (AvgIpc) is 3.03. The molecular formula is C22H24N4O5. The number of nitrogens with zero attached hydrogens (tertiary/aromatic N) is 2. The van der Waals surface area contributed by atoms with Gasteiger partial charge in [0.05, 0.1) is 19.9 Å². The minimum atomic E-state index is -1.05. The summed E-state index contributed by atoms with van der Waals surface area (Å²) >= 11 is 0. The molecule has 9 nitrogen and oxygen atoms in total. The smallest absolute Gasteiger partial charge is 0.329 e. The molecule has 5 amide bonds. The Morgan fingerprint density at radius 1 is 1.03 bits per heavy atom. The summed E-state index contributed by atoms with van der Waals surface area (Å²) in [6.07, 6.45) is 0.644. The molecule has 0 atom stereocenters. The molecule has 0 aromatic heterocycles. The maximum atomic E-state index is 13.4. The van der Waals surface area contributed by atoms with E-state index in [1.54, 1.807) is 23.1 Å². The maximum Gasteiger partial charge on any atom is 0.329 e. The standard InChI is InChI=1S/C22H24N4O5/c1-30-16-8-9-18(31-2)17(14-16)26-19(27)22(24-21(26)29)10-12-25(13-11-22)20(28)23-15-6-4-3-5-7-15/h3-9,14H,10-13H2,1-2H3,(H,23,28)(H,24,29).